The number of methoxy groups -OCH3 is 1. The molecule has 0 aromatic heterocycles. The number of Topliss-reactive ketones (excluding diaryl/α,β-unsaturated/α-hetero) is 1. The Kier molecular flexibility index (Phi) is 4.17. The number of benzene rings is 1. The van der Waals surface area contributed by atoms with Gasteiger partial charge >= 0.3 is 0 Å². The number of ketones is 1. The zero-order valence-electron chi connectivity index (χ0n) is 12.1. The summed E-state index contributed by atoms with van der Waals surface area (Å²) in [5.41, 5.74) is 3.95. The van der Waals surface area contributed by atoms with E-state index in [0.717, 1.165) is 40.4 Å². The maximum Gasteiger partial charge on any atom is 0.166 e. The van der Waals surface area contributed by atoms with Crippen LogP contribution in [0.1, 0.15) is 52.7 Å². The molecule has 1 fully saturated rings. The summed E-state index contributed by atoms with van der Waals surface area (Å²) in [6.07, 6.45) is 3.66. The van der Waals surface area contributed by atoms with Crippen LogP contribution in [0.15, 0.2) is 10.5 Å². The highest BCUT2D eigenvalue weighted by atomic mass is 79.9. The molecule has 0 unspecified atom stereocenters. The molecule has 0 aliphatic heterocycles. The summed E-state index contributed by atoms with van der Waals surface area (Å²) < 4.78 is 6.61. The number of carbonyl (C=O) groups excluding carboxylic acids is 1. The van der Waals surface area contributed by atoms with Gasteiger partial charge in [0.15, 0.2) is 5.78 Å². The largest absolute Gasteiger partial charge is 0.378 e. The van der Waals surface area contributed by atoms with Gasteiger partial charge in [-0.15, -0.1) is 0 Å². The monoisotopic (exact) mass is 324 g/mol. The minimum atomic E-state index is -0.201. The van der Waals surface area contributed by atoms with Gasteiger partial charge in [-0.25, -0.2) is 0 Å². The Morgan fingerprint density at radius 2 is 1.95 bits per heavy atom. The molecule has 1 saturated carbocycles. The van der Waals surface area contributed by atoms with E-state index in [9.17, 15) is 4.79 Å². The SMILES string of the molecule is COC1(CC(=O)c2c(C)cc(C)c(Br)c2C)CCC1. The van der Waals surface area contributed by atoms with Gasteiger partial charge in [-0.3, -0.25) is 4.79 Å². The first-order valence-electron chi connectivity index (χ1n) is 6.75. The van der Waals surface area contributed by atoms with Crippen LogP contribution in [0, 0.1) is 20.8 Å². The van der Waals surface area contributed by atoms with E-state index in [0.29, 0.717) is 6.42 Å². The first-order chi connectivity index (χ1) is 8.90. The molecule has 0 bridgehead atoms. The Labute approximate surface area is 123 Å². The first-order valence-corrected chi connectivity index (χ1v) is 7.54. The number of halogens is 1. The van der Waals surface area contributed by atoms with Crippen molar-refractivity contribution in [2.75, 3.05) is 7.11 Å². The first kappa shape index (κ1) is 14.7. The maximum atomic E-state index is 12.6. The quantitative estimate of drug-likeness (QED) is 0.761. The molecule has 0 amide bonds. The summed E-state index contributed by atoms with van der Waals surface area (Å²) in [5.74, 6) is 0.206. The van der Waals surface area contributed by atoms with Crippen LogP contribution in [-0.2, 0) is 4.74 Å². The fourth-order valence-corrected chi connectivity index (χ4v) is 3.31. The van der Waals surface area contributed by atoms with Crippen molar-refractivity contribution >= 4 is 21.7 Å². The van der Waals surface area contributed by atoms with Gasteiger partial charge < -0.3 is 4.74 Å². The fourth-order valence-electron chi connectivity index (χ4n) is 3.00. The summed E-state index contributed by atoms with van der Waals surface area (Å²) in [6, 6.07) is 2.07. The molecular weight excluding hydrogens is 304 g/mol. The Hall–Kier alpha value is -0.670. The topological polar surface area (TPSA) is 26.3 Å². The van der Waals surface area contributed by atoms with E-state index in [2.05, 4.69) is 28.9 Å². The van der Waals surface area contributed by atoms with Crippen molar-refractivity contribution in [2.24, 2.45) is 0 Å². The van der Waals surface area contributed by atoms with Crippen LogP contribution in [0.5, 0.6) is 0 Å². The van der Waals surface area contributed by atoms with Gasteiger partial charge in [-0.1, -0.05) is 22.0 Å². The molecule has 0 radical (unpaired) electrons. The number of hydrogen-bond donors (Lipinski definition) is 0. The van der Waals surface area contributed by atoms with Crippen molar-refractivity contribution in [3.05, 3.63) is 32.8 Å². The summed E-state index contributed by atoms with van der Waals surface area (Å²) in [5, 5.41) is 0. The van der Waals surface area contributed by atoms with E-state index in [1.54, 1.807) is 7.11 Å². The van der Waals surface area contributed by atoms with Gasteiger partial charge in [-0.05, 0) is 56.7 Å². The molecule has 2 rings (SSSR count). The summed E-state index contributed by atoms with van der Waals surface area (Å²) in [7, 11) is 1.72. The summed E-state index contributed by atoms with van der Waals surface area (Å²) in [6.45, 7) is 6.08. The number of carbonyl (C=O) groups is 1. The average Bonchev–Trinajstić information content (AvgIpc) is 2.31. The van der Waals surface area contributed by atoms with Crippen LogP contribution in [0.4, 0.5) is 0 Å². The molecule has 0 atom stereocenters. The predicted octanol–water partition coefficient (Wildman–Crippen LogP) is 4.52. The number of aryl methyl sites for hydroxylation is 2. The normalized spacial score (nSPS) is 17.1. The highest BCUT2D eigenvalue weighted by Crippen LogP contribution is 2.39. The van der Waals surface area contributed by atoms with Gasteiger partial charge in [0, 0.05) is 23.6 Å². The molecule has 1 aromatic rings. The molecule has 19 heavy (non-hydrogen) atoms. The lowest BCUT2D eigenvalue weighted by Crippen LogP contribution is -2.41. The van der Waals surface area contributed by atoms with Crippen molar-refractivity contribution in [3.8, 4) is 0 Å². The fraction of sp³-hybridized carbons (Fsp3) is 0.562. The van der Waals surface area contributed by atoms with Gasteiger partial charge in [0.25, 0.3) is 0 Å². The van der Waals surface area contributed by atoms with Crippen LogP contribution in [0.25, 0.3) is 0 Å². The second kappa shape index (κ2) is 5.37. The molecule has 0 N–H and O–H groups in total. The van der Waals surface area contributed by atoms with E-state index in [-0.39, 0.29) is 11.4 Å². The van der Waals surface area contributed by atoms with Crippen LogP contribution in [0.2, 0.25) is 0 Å². The third-order valence-corrected chi connectivity index (χ3v) is 5.56. The molecule has 1 aliphatic carbocycles. The van der Waals surface area contributed by atoms with Gasteiger partial charge in [0.05, 0.1) is 5.60 Å². The van der Waals surface area contributed by atoms with Crippen molar-refractivity contribution in [2.45, 2.75) is 52.1 Å². The molecule has 0 heterocycles. The second-order valence-corrected chi connectivity index (χ2v) is 6.46. The number of hydrogen-bond acceptors (Lipinski definition) is 2. The van der Waals surface area contributed by atoms with Crippen molar-refractivity contribution in [1.29, 1.82) is 0 Å². The zero-order chi connectivity index (χ0) is 14.2. The third-order valence-electron chi connectivity index (χ3n) is 4.34. The molecule has 104 valence electrons. The Morgan fingerprint density at radius 3 is 2.42 bits per heavy atom. The summed E-state index contributed by atoms with van der Waals surface area (Å²) >= 11 is 3.58. The molecule has 1 aromatic carbocycles. The average molecular weight is 325 g/mol. The molecule has 0 spiro atoms. The number of rotatable bonds is 4. The summed E-state index contributed by atoms with van der Waals surface area (Å²) in [4.78, 5) is 12.6. The minimum Gasteiger partial charge on any atom is -0.378 e. The van der Waals surface area contributed by atoms with Crippen LogP contribution in [-0.4, -0.2) is 18.5 Å². The smallest absolute Gasteiger partial charge is 0.166 e. The predicted molar refractivity (Wildman–Crippen MR) is 80.9 cm³/mol. The standard InChI is InChI=1S/C16H21BrO2/c1-10-8-11(2)15(17)12(3)14(10)13(18)9-16(19-4)6-5-7-16/h8H,5-7,9H2,1-4H3. The van der Waals surface area contributed by atoms with Crippen LogP contribution in [0.3, 0.4) is 0 Å². The van der Waals surface area contributed by atoms with Gasteiger partial charge in [0.1, 0.15) is 0 Å². The zero-order valence-corrected chi connectivity index (χ0v) is 13.7. The van der Waals surface area contributed by atoms with E-state index >= 15 is 0 Å². The molecule has 3 heteroatoms. The van der Waals surface area contributed by atoms with Crippen LogP contribution < -0.4 is 0 Å². The lowest BCUT2D eigenvalue weighted by molar-refractivity contribution is -0.0705. The van der Waals surface area contributed by atoms with Crippen molar-refractivity contribution in [3.63, 3.8) is 0 Å². The van der Waals surface area contributed by atoms with E-state index < -0.39 is 0 Å². The van der Waals surface area contributed by atoms with E-state index in [4.69, 9.17) is 4.74 Å². The molecule has 0 saturated heterocycles. The minimum absolute atomic E-state index is 0.201. The van der Waals surface area contributed by atoms with Crippen LogP contribution >= 0.6 is 15.9 Å². The Morgan fingerprint density at radius 1 is 1.32 bits per heavy atom. The molecular formula is C16H21BrO2. The van der Waals surface area contributed by atoms with Crippen molar-refractivity contribution in [1.82, 2.24) is 0 Å². The lowest BCUT2D eigenvalue weighted by atomic mass is 9.75. The third kappa shape index (κ3) is 2.63. The molecule has 2 nitrogen and oxygen atoms in total. The maximum absolute atomic E-state index is 12.6. The lowest BCUT2D eigenvalue weighted by Gasteiger charge is -2.40. The highest BCUT2D eigenvalue weighted by molar-refractivity contribution is 9.10. The van der Waals surface area contributed by atoms with Crippen molar-refractivity contribution < 1.29 is 9.53 Å². The van der Waals surface area contributed by atoms with Gasteiger partial charge in [0.2, 0.25) is 0 Å². The Balaban J connectivity index is 2.32. The van der Waals surface area contributed by atoms with E-state index in [1.807, 2.05) is 13.8 Å². The number of ether oxygens (including phenoxy) is 1. The highest BCUT2D eigenvalue weighted by Gasteiger charge is 2.39. The molecule has 1 aliphatic rings. The van der Waals surface area contributed by atoms with Gasteiger partial charge in [-0.2, -0.15) is 0 Å². The second-order valence-electron chi connectivity index (χ2n) is 5.66. The van der Waals surface area contributed by atoms with E-state index in [1.165, 1.54) is 5.56 Å². The Bertz CT molecular complexity index is 510.